The van der Waals surface area contributed by atoms with Crippen molar-refractivity contribution < 1.29 is 32.6 Å². The van der Waals surface area contributed by atoms with E-state index in [1.165, 1.54) is 0 Å². The second kappa shape index (κ2) is 8.82. The van der Waals surface area contributed by atoms with Crippen LogP contribution >= 0.6 is 11.3 Å². The largest absolute Gasteiger partial charge is 0.490 e. The molecule has 29 heavy (non-hydrogen) atoms. The van der Waals surface area contributed by atoms with Gasteiger partial charge in [0.15, 0.2) is 0 Å². The first kappa shape index (κ1) is 21.8. The van der Waals surface area contributed by atoms with Gasteiger partial charge in [0.1, 0.15) is 11.1 Å². The van der Waals surface area contributed by atoms with Gasteiger partial charge < -0.3 is 19.6 Å². The summed E-state index contributed by atoms with van der Waals surface area (Å²) in [5.74, 6) is -2.03. The van der Waals surface area contributed by atoms with E-state index in [2.05, 4.69) is 15.1 Å². The number of nitrogens with zero attached hydrogens (tertiary/aromatic N) is 4. The van der Waals surface area contributed by atoms with E-state index >= 15 is 0 Å². The fraction of sp³-hybridized carbons (Fsp3) is 0.765. The molecule has 162 valence electrons. The molecule has 3 aliphatic heterocycles. The van der Waals surface area contributed by atoms with Gasteiger partial charge in [-0.05, 0) is 38.5 Å². The van der Waals surface area contributed by atoms with Crippen LogP contribution < -0.4 is 4.90 Å². The number of ether oxygens (including phenoxy) is 1. The molecule has 3 fully saturated rings. The molecule has 3 atom stereocenters. The Morgan fingerprint density at radius 3 is 2.41 bits per heavy atom. The number of halogens is 3. The van der Waals surface area contributed by atoms with E-state index in [4.69, 9.17) is 14.6 Å². The Kier molecular flexibility index (Phi) is 6.62. The molecule has 4 heterocycles. The van der Waals surface area contributed by atoms with Gasteiger partial charge in [-0.15, -0.1) is 10.2 Å². The Bertz CT molecular complexity index is 739. The van der Waals surface area contributed by atoms with Gasteiger partial charge in [-0.3, -0.25) is 4.79 Å². The van der Waals surface area contributed by atoms with Crippen LogP contribution in [0.2, 0.25) is 0 Å². The molecular weight excluding hydrogens is 413 g/mol. The zero-order valence-corrected chi connectivity index (χ0v) is 16.7. The number of aryl methyl sites for hydroxylation is 1. The van der Waals surface area contributed by atoms with Crippen LogP contribution in [0.4, 0.5) is 18.3 Å². The number of hydrogen-bond acceptors (Lipinski definition) is 7. The highest BCUT2D eigenvalue weighted by Crippen LogP contribution is 2.36. The predicted octanol–water partition coefficient (Wildman–Crippen LogP) is 2.09. The van der Waals surface area contributed by atoms with Crippen LogP contribution in [0, 0.1) is 12.8 Å². The number of alkyl halides is 3. The van der Waals surface area contributed by atoms with Crippen molar-refractivity contribution in [3.05, 3.63) is 5.01 Å². The number of carbonyl (C=O) groups excluding carboxylic acids is 1. The van der Waals surface area contributed by atoms with Crippen LogP contribution in [-0.2, 0) is 14.3 Å². The minimum Gasteiger partial charge on any atom is -0.475 e. The summed E-state index contributed by atoms with van der Waals surface area (Å²) in [5, 5.41) is 17.4. The van der Waals surface area contributed by atoms with E-state index in [9.17, 15) is 18.0 Å². The van der Waals surface area contributed by atoms with Crippen LogP contribution in [0.5, 0.6) is 0 Å². The van der Waals surface area contributed by atoms with Gasteiger partial charge in [-0.1, -0.05) is 11.3 Å². The maximum Gasteiger partial charge on any atom is 0.490 e. The first-order valence-corrected chi connectivity index (χ1v) is 10.3. The number of aromatic nitrogens is 2. The van der Waals surface area contributed by atoms with Crippen molar-refractivity contribution in [3.8, 4) is 0 Å². The van der Waals surface area contributed by atoms with Crippen molar-refractivity contribution in [2.75, 3.05) is 31.1 Å². The predicted molar refractivity (Wildman–Crippen MR) is 97.7 cm³/mol. The van der Waals surface area contributed by atoms with Crippen molar-refractivity contribution in [1.82, 2.24) is 15.1 Å². The van der Waals surface area contributed by atoms with Crippen molar-refractivity contribution in [2.45, 2.75) is 51.0 Å². The van der Waals surface area contributed by atoms with Crippen LogP contribution in [0.15, 0.2) is 0 Å². The van der Waals surface area contributed by atoms with Gasteiger partial charge >= 0.3 is 12.1 Å². The lowest BCUT2D eigenvalue weighted by Gasteiger charge is -2.33. The van der Waals surface area contributed by atoms with Gasteiger partial charge in [0.05, 0.1) is 6.10 Å². The number of hydrogen-bond donors (Lipinski definition) is 1. The summed E-state index contributed by atoms with van der Waals surface area (Å²) in [4.78, 5) is 25.6. The number of likely N-dealkylation sites (tertiary alicyclic amines) is 1. The first-order chi connectivity index (χ1) is 13.6. The Hall–Kier alpha value is -1.95. The number of aliphatic carboxylic acids is 1. The third kappa shape index (κ3) is 5.35. The fourth-order valence-corrected chi connectivity index (χ4v) is 4.54. The summed E-state index contributed by atoms with van der Waals surface area (Å²) in [6.07, 6.45) is -0.903. The lowest BCUT2D eigenvalue weighted by atomic mass is 9.92. The van der Waals surface area contributed by atoms with Crippen molar-refractivity contribution in [2.24, 2.45) is 5.92 Å². The van der Waals surface area contributed by atoms with Crippen LogP contribution in [0.3, 0.4) is 0 Å². The summed E-state index contributed by atoms with van der Waals surface area (Å²) in [5.41, 5.74) is 0. The van der Waals surface area contributed by atoms with Crippen molar-refractivity contribution >= 4 is 28.3 Å². The van der Waals surface area contributed by atoms with Gasteiger partial charge in [0.2, 0.25) is 5.13 Å². The highest BCUT2D eigenvalue weighted by molar-refractivity contribution is 7.15. The highest BCUT2D eigenvalue weighted by Gasteiger charge is 2.43. The zero-order valence-electron chi connectivity index (χ0n) is 15.9. The Labute approximate surface area is 169 Å². The Morgan fingerprint density at radius 1 is 1.21 bits per heavy atom. The summed E-state index contributed by atoms with van der Waals surface area (Å²) in [7, 11) is 0. The van der Waals surface area contributed by atoms with Crippen LogP contribution in [0.25, 0.3) is 0 Å². The maximum absolute atomic E-state index is 12.5. The normalized spacial score (nSPS) is 26.7. The molecule has 8 nitrogen and oxygen atoms in total. The average molecular weight is 436 g/mol. The minimum atomic E-state index is -5.08. The lowest BCUT2D eigenvalue weighted by Crippen LogP contribution is -2.42. The summed E-state index contributed by atoms with van der Waals surface area (Å²) >= 11 is 1.63. The van der Waals surface area contributed by atoms with Gasteiger partial charge in [-0.2, -0.15) is 13.2 Å². The number of carboxylic acid groups (broad SMARTS) is 1. The second-order valence-electron chi connectivity index (χ2n) is 7.33. The van der Waals surface area contributed by atoms with Crippen molar-refractivity contribution in [3.63, 3.8) is 0 Å². The molecule has 1 N–H and O–H groups in total. The van der Waals surface area contributed by atoms with Crippen molar-refractivity contribution in [1.29, 1.82) is 0 Å². The minimum absolute atomic E-state index is 0.162. The fourth-order valence-electron chi connectivity index (χ4n) is 3.82. The number of carboxylic acids is 1. The maximum atomic E-state index is 12.5. The number of carbonyl (C=O) groups is 2. The first-order valence-electron chi connectivity index (χ1n) is 9.44. The topological polar surface area (TPSA) is 95.9 Å². The van der Waals surface area contributed by atoms with Gasteiger partial charge in [0, 0.05) is 26.2 Å². The molecule has 0 saturated carbocycles. The lowest BCUT2D eigenvalue weighted by molar-refractivity contribution is -0.192. The second-order valence-corrected chi connectivity index (χ2v) is 8.49. The molecule has 0 aromatic carbocycles. The smallest absolute Gasteiger partial charge is 0.475 e. The molecule has 0 aliphatic carbocycles. The molecule has 0 unspecified atom stereocenters. The van der Waals surface area contributed by atoms with Gasteiger partial charge in [0.25, 0.3) is 5.91 Å². The molecule has 1 aromatic rings. The number of rotatable bonds is 2. The SMILES string of the molecule is Cc1nnc(N2CC[C@H]3C[C@H](C(=O)N4CCCC4)O[C@H]3C2)s1.O=C(O)C(F)(F)F. The van der Waals surface area contributed by atoms with Crippen LogP contribution in [-0.4, -0.2) is 76.6 Å². The summed E-state index contributed by atoms with van der Waals surface area (Å²) < 4.78 is 37.9. The molecule has 12 heteroatoms. The molecular formula is C17H23F3N4O4S. The Morgan fingerprint density at radius 2 is 1.86 bits per heavy atom. The number of anilines is 1. The summed E-state index contributed by atoms with van der Waals surface area (Å²) in [6, 6.07) is 0. The number of amides is 1. The average Bonchev–Trinajstić information content (AvgIpc) is 3.40. The standard InChI is InChI=1S/C15H22N4O2S.C2HF3O2/c1-10-16-17-15(22-10)19-7-4-11-8-12(21-13(11)9-19)14(20)18-5-2-3-6-18;3-2(4,5)1(6)7/h11-13H,2-9H2,1H3;(H,6,7)/t11-,12+,13-;/m0./s1. The Balaban J connectivity index is 0.000000298. The number of fused-ring (bicyclic) bond motifs is 1. The zero-order chi connectivity index (χ0) is 21.2. The third-order valence-corrected chi connectivity index (χ3v) is 6.17. The number of piperidine rings is 1. The van der Waals surface area contributed by atoms with E-state index in [1.807, 2.05) is 11.8 Å². The molecule has 3 aliphatic rings. The highest BCUT2D eigenvalue weighted by atomic mass is 32.1. The van der Waals surface area contributed by atoms with E-state index in [1.54, 1.807) is 11.3 Å². The molecule has 3 saturated heterocycles. The molecule has 0 spiro atoms. The van der Waals surface area contributed by atoms with E-state index in [-0.39, 0.29) is 18.1 Å². The molecule has 1 amide bonds. The quantitative estimate of drug-likeness (QED) is 0.758. The molecule has 0 bridgehead atoms. The third-order valence-electron chi connectivity index (χ3n) is 5.27. The van der Waals surface area contributed by atoms with E-state index < -0.39 is 12.1 Å². The van der Waals surface area contributed by atoms with Gasteiger partial charge in [-0.25, -0.2) is 4.79 Å². The molecule has 4 rings (SSSR count). The summed E-state index contributed by atoms with van der Waals surface area (Å²) in [6.45, 7) is 5.62. The van der Waals surface area contributed by atoms with E-state index in [0.29, 0.717) is 5.92 Å². The molecule has 1 aromatic heterocycles. The monoisotopic (exact) mass is 436 g/mol. The van der Waals surface area contributed by atoms with E-state index in [0.717, 1.165) is 62.0 Å². The molecule has 0 radical (unpaired) electrons. The van der Waals surface area contributed by atoms with Crippen LogP contribution in [0.1, 0.15) is 30.7 Å².